The van der Waals surface area contributed by atoms with Gasteiger partial charge in [0.1, 0.15) is 0 Å². The summed E-state index contributed by atoms with van der Waals surface area (Å²) >= 11 is 0. The van der Waals surface area contributed by atoms with Crippen molar-refractivity contribution in [1.29, 1.82) is 0 Å². The maximum atomic E-state index is 12.3. The van der Waals surface area contributed by atoms with Crippen molar-refractivity contribution in [2.75, 3.05) is 33.4 Å². The molecule has 2 N–H and O–H groups in total. The summed E-state index contributed by atoms with van der Waals surface area (Å²) in [6, 6.07) is 0. The number of hydrogen-bond donors (Lipinski definition) is 2. The zero-order valence-corrected chi connectivity index (χ0v) is 23.8. The highest BCUT2D eigenvalue weighted by molar-refractivity contribution is 5.69. The van der Waals surface area contributed by atoms with Gasteiger partial charge < -0.3 is 19.8 Å². The van der Waals surface area contributed by atoms with E-state index < -0.39 is 0 Å². The number of unbranched alkanes of at least 4 members (excludes halogenated alkanes) is 13. The highest BCUT2D eigenvalue weighted by atomic mass is 16.5. The molecule has 0 spiro atoms. The first-order chi connectivity index (χ1) is 17.0. The second-order valence-electron chi connectivity index (χ2n) is 10.8. The number of nitrogens with zero attached hydrogens (tertiary/aromatic N) is 1. The second-order valence-corrected chi connectivity index (χ2v) is 10.8. The van der Waals surface area contributed by atoms with Crippen LogP contribution in [0.5, 0.6) is 0 Å². The van der Waals surface area contributed by atoms with Gasteiger partial charge in [-0.2, -0.15) is 0 Å². The van der Waals surface area contributed by atoms with Gasteiger partial charge in [-0.1, -0.05) is 110 Å². The zero-order valence-electron chi connectivity index (χ0n) is 23.8. The van der Waals surface area contributed by atoms with E-state index in [1.807, 2.05) is 11.9 Å². The standard InChI is InChI=1S/C30H61NO4/c1-4-6-8-10-12-16-20-28(21-17-13-11-9-7-5-2)27-35-30(34)23-19-15-14-18-22-29(33)26-31(3)24-25-32/h28-29,32-33H,4-27H2,1-3H3/t29-/m0/s1. The Morgan fingerprint density at radius 1 is 0.743 bits per heavy atom. The lowest BCUT2D eigenvalue weighted by atomic mass is 9.94. The third kappa shape index (κ3) is 24.8. The summed E-state index contributed by atoms with van der Waals surface area (Å²) < 4.78 is 5.70. The summed E-state index contributed by atoms with van der Waals surface area (Å²) in [7, 11) is 1.91. The number of aliphatic hydroxyl groups excluding tert-OH is 2. The molecule has 0 aromatic heterocycles. The van der Waals surface area contributed by atoms with E-state index >= 15 is 0 Å². The molecule has 210 valence electrons. The second kappa shape index (κ2) is 26.4. The minimum Gasteiger partial charge on any atom is -0.465 e. The molecule has 0 aromatic rings. The molecule has 0 aliphatic rings. The van der Waals surface area contributed by atoms with E-state index in [0.29, 0.717) is 32.0 Å². The Morgan fingerprint density at radius 3 is 1.77 bits per heavy atom. The van der Waals surface area contributed by atoms with Gasteiger partial charge in [-0.25, -0.2) is 0 Å². The van der Waals surface area contributed by atoms with Crippen LogP contribution in [0.25, 0.3) is 0 Å². The van der Waals surface area contributed by atoms with Gasteiger partial charge in [-0.3, -0.25) is 4.79 Å². The van der Waals surface area contributed by atoms with Gasteiger partial charge in [0.05, 0.1) is 19.3 Å². The molecule has 5 heteroatoms. The van der Waals surface area contributed by atoms with Gasteiger partial charge in [0.15, 0.2) is 0 Å². The van der Waals surface area contributed by atoms with E-state index in [1.165, 1.54) is 89.9 Å². The predicted octanol–water partition coefficient (Wildman–Crippen LogP) is 7.27. The van der Waals surface area contributed by atoms with E-state index in [1.54, 1.807) is 0 Å². The van der Waals surface area contributed by atoms with Gasteiger partial charge in [-0.15, -0.1) is 0 Å². The molecule has 0 fully saturated rings. The lowest BCUT2D eigenvalue weighted by Crippen LogP contribution is -2.31. The number of aliphatic hydroxyl groups is 2. The fourth-order valence-electron chi connectivity index (χ4n) is 4.74. The zero-order chi connectivity index (χ0) is 26.0. The fourth-order valence-corrected chi connectivity index (χ4v) is 4.74. The Hall–Kier alpha value is -0.650. The van der Waals surface area contributed by atoms with Crippen LogP contribution in [0.2, 0.25) is 0 Å². The first-order valence-electron chi connectivity index (χ1n) is 15.2. The highest BCUT2D eigenvalue weighted by Gasteiger charge is 2.13. The molecular weight excluding hydrogens is 438 g/mol. The Balaban J connectivity index is 3.99. The molecule has 0 heterocycles. The lowest BCUT2D eigenvalue weighted by molar-refractivity contribution is -0.145. The van der Waals surface area contributed by atoms with Crippen molar-refractivity contribution in [3.05, 3.63) is 0 Å². The molecule has 35 heavy (non-hydrogen) atoms. The number of carbonyl (C=O) groups is 1. The first kappa shape index (κ1) is 34.4. The van der Waals surface area contributed by atoms with Gasteiger partial charge in [0.25, 0.3) is 0 Å². The van der Waals surface area contributed by atoms with Crippen LogP contribution < -0.4 is 0 Å². The molecule has 0 radical (unpaired) electrons. The van der Waals surface area contributed by atoms with Crippen LogP contribution in [0, 0.1) is 5.92 Å². The van der Waals surface area contributed by atoms with E-state index in [0.717, 1.165) is 32.1 Å². The first-order valence-corrected chi connectivity index (χ1v) is 15.2. The minimum atomic E-state index is -0.341. The van der Waals surface area contributed by atoms with Gasteiger partial charge >= 0.3 is 5.97 Å². The van der Waals surface area contributed by atoms with Gasteiger partial charge in [0.2, 0.25) is 0 Å². The topological polar surface area (TPSA) is 70.0 Å². The van der Waals surface area contributed by atoms with Crippen LogP contribution in [0.15, 0.2) is 0 Å². The predicted molar refractivity (Wildman–Crippen MR) is 149 cm³/mol. The van der Waals surface area contributed by atoms with E-state index in [2.05, 4.69) is 13.8 Å². The maximum absolute atomic E-state index is 12.3. The monoisotopic (exact) mass is 499 g/mol. The Kier molecular flexibility index (Phi) is 25.9. The van der Waals surface area contributed by atoms with Crippen molar-refractivity contribution in [3.8, 4) is 0 Å². The van der Waals surface area contributed by atoms with E-state index in [4.69, 9.17) is 9.84 Å². The van der Waals surface area contributed by atoms with Crippen molar-refractivity contribution >= 4 is 5.97 Å². The smallest absolute Gasteiger partial charge is 0.305 e. The van der Waals surface area contributed by atoms with Crippen LogP contribution in [-0.2, 0) is 9.53 Å². The van der Waals surface area contributed by atoms with Crippen LogP contribution in [0.1, 0.15) is 142 Å². The summed E-state index contributed by atoms with van der Waals surface area (Å²) in [6.45, 7) is 6.45. The Labute approximate surface area is 218 Å². The molecule has 0 aliphatic carbocycles. The fraction of sp³-hybridized carbons (Fsp3) is 0.967. The normalized spacial score (nSPS) is 12.5. The number of likely N-dealkylation sites (N-methyl/N-ethyl adjacent to an activating group) is 1. The molecule has 0 saturated carbocycles. The average molecular weight is 500 g/mol. The summed E-state index contributed by atoms with van der Waals surface area (Å²) in [5, 5.41) is 19.0. The number of rotatable bonds is 27. The summed E-state index contributed by atoms with van der Waals surface area (Å²) in [4.78, 5) is 14.2. The SMILES string of the molecule is CCCCCCCCC(CCCCCCCC)COC(=O)CCCCCC[C@H](O)CN(C)CCO. The molecule has 0 amide bonds. The van der Waals surface area contributed by atoms with Gasteiger partial charge in [0, 0.05) is 19.5 Å². The Bertz CT molecular complexity index is 430. The largest absolute Gasteiger partial charge is 0.465 e. The van der Waals surface area contributed by atoms with Crippen molar-refractivity contribution in [2.24, 2.45) is 5.92 Å². The molecule has 0 bridgehead atoms. The highest BCUT2D eigenvalue weighted by Crippen LogP contribution is 2.20. The summed E-state index contributed by atoms with van der Waals surface area (Å²) in [5.41, 5.74) is 0. The van der Waals surface area contributed by atoms with Gasteiger partial charge in [-0.05, 0) is 38.6 Å². The quantitative estimate of drug-likeness (QED) is 0.0918. The van der Waals surface area contributed by atoms with E-state index in [9.17, 15) is 9.90 Å². The molecular formula is C30H61NO4. The molecule has 5 nitrogen and oxygen atoms in total. The van der Waals surface area contributed by atoms with Crippen molar-refractivity contribution in [1.82, 2.24) is 4.90 Å². The third-order valence-electron chi connectivity index (χ3n) is 7.08. The number of esters is 1. The third-order valence-corrected chi connectivity index (χ3v) is 7.08. The molecule has 0 aliphatic heterocycles. The van der Waals surface area contributed by atoms with Crippen molar-refractivity contribution < 1.29 is 19.7 Å². The molecule has 1 atom stereocenters. The maximum Gasteiger partial charge on any atom is 0.305 e. The minimum absolute atomic E-state index is 0.0356. The van der Waals surface area contributed by atoms with E-state index in [-0.39, 0.29) is 18.7 Å². The van der Waals surface area contributed by atoms with Crippen LogP contribution in [0.3, 0.4) is 0 Å². The summed E-state index contributed by atoms with van der Waals surface area (Å²) in [5.74, 6) is 0.494. The molecule has 0 saturated heterocycles. The number of hydrogen-bond acceptors (Lipinski definition) is 5. The van der Waals surface area contributed by atoms with Crippen molar-refractivity contribution in [2.45, 2.75) is 148 Å². The van der Waals surface area contributed by atoms with Crippen LogP contribution in [-0.4, -0.2) is 60.5 Å². The van der Waals surface area contributed by atoms with Crippen LogP contribution in [0.4, 0.5) is 0 Å². The molecule has 0 unspecified atom stereocenters. The van der Waals surface area contributed by atoms with Crippen LogP contribution >= 0.6 is 0 Å². The van der Waals surface area contributed by atoms with Crippen molar-refractivity contribution in [3.63, 3.8) is 0 Å². The Morgan fingerprint density at radius 2 is 1.23 bits per heavy atom. The average Bonchev–Trinajstić information content (AvgIpc) is 2.83. The number of ether oxygens (including phenoxy) is 1. The molecule has 0 rings (SSSR count). The summed E-state index contributed by atoms with van der Waals surface area (Å²) in [6.07, 6.45) is 23.1. The lowest BCUT2D eigenvalue weighted by Gasteiger charge is -2.19. The number of carbonyl (C=O) groups excluding carboxylic acids is 1. The molecule has 0 aromatic carbocycles.